The zero-order valence-electron chi connectivity index (χ0n) is 19.5. The van der Waals surface area contributed by atoms with Crippen LogP contribution < -0.4 is 10.2 Å². The van der Waals surface area contributed by atoms with Crippen molar-refractivity contribution in [2.45, 2.75) is 57.4 Å². The molecule has 9 heteroatoms. The number of nitrogens with one attached hydrogen (secondary N) is 1. The zero-order valence-corrected chi connectivity index (χ0v) is 20.3. The van der Waals surface area contributed by atoms with Gasteiger partial charge in [0.2, 0.25) is 5.91 Å². The van der Waals surface area contributed by atoms with E-state index in [4.69, 9.17) is 4.52 Å². The molecule has 0 aliphatic carbocycles. The number of hydrogen-bond acceptors (Lipinski definition) is 7. The zero-order chi connectivity index (χ0) is 23.1. The molecule has 172 valence electrons. The van der Waals surface area contributed by atoms with Gasteiger partial charge >= 0.3 is 0 Å². The number of hydrogen-bond donors (Lipinski definition) is 1. The maximum Gasteiger partial charge on any atom is 0.239 e. The van der Waals surface area contributed by atoms with E-state index in [1.807, 2.05) is 11.6 Å². The SMILES string of the molecule is CCCCC(Sc1nnc(-c2ccc(N(CC)CC)cc2)n1C)C(=O)Nc1cc(C)on1. The molecule has 8 nitrogen and oxygen atoms in total. The average Bonchev–Trinajstić information content (AvgIpc) is 3.37. The smallest absolute Gasteiger partial charge is 0.239 e. The standard InChI is InChI=1S/C23H32N6O2S/c1-6-9-10-19(22(30)24-20-15-16(4)31-27-20)32-23-26-25-21(28(23)5)17-11-13-18(14-12-17)29(7-2)8-3/h11-15,19H,6-10H2,1-5H3,(H,24,27,30). The minimum atomic E-state index is -0.298. The van der Waals surface area contributed by atoms with Crippen molar-refractivity contribution in [1.29, 1.82) is 0 Å². The fourth-order valence-corrected chi connectivity index (χ4v) is 4.51. The molecule has 0 radical (unpaired) electrons. The molecule has 32 heavy (non-hydrogen) atoms. The highest BCUT2D eigenvalue weighted by molar-refractivity contribution is 8.00. The van der Waals surface area contributed by atoms with Crippen molar-refractivity contribution in [1.82, 2.24) is 19.9 Å². The molecule has 1 N–H and O–H groups in total. The fraction of sp³-hybridized carbons (Fsp3) is 0.478. The first kappa shape index (κ1) is 23.8. The van der Waals surface area contributed by atoms with Gasteiger partial charge in [0.1, 0.15) is 5.76 Å². The predicted octanol–water partition coefficient (Wildman–Crippen LogP) is 4.91. The van der Waals surface area contributed by atoms with Gasteiger partial charge in [-0.3, -0.25) is 4.79 Å². The Labute approximate surface area is 193 Å². The Morgan fingerprint density at radius 2 is 1.91 bits per heavy atom. The van der Waals surface area contributed by atoms with E-state index in [0.717, 1.165) is 43.7 Å². The summed E-state index contributed by atoms with van der Waals surface area (Å²) in [7, 11) is 1.94. The van der Waals surface area contributed by atoms with Crippen molar-refractivity contribution in [2.75, 3.05) is 23.3 Å². The van der Waals surface area contributed by atoms with Crippen LogP contribution in [0, 0.1) is 6.92 Å². The van der Waals surface area contributed by atoms with Gasteiger partial charge in [-0.2, -0.15) is 0 Å². The van der Waals surface area contributed by atoms with E-state index in [2.05, 4.69) is 70.6 Å². The second-order valence-corrected chi connectivity index (χ2v) is 8.82. The number of thioether (sulfide) groups is 1. The van der Waals surface area contributed by atoms with Crippen molar-refractivity contribution in [3.8, 4) is 11.4 Å². The highest BCUT2D eigenvalue weighted by Gasteiger charge is 2.24. The number of aryl methyl sites for hydroxylation is 1. The van der Waals surface area contributed by atoms with E-state index in [-0.39, 0.29) is 11.2 Å². The minimum Gasteiger partial charge on any atom is -0.372 e. The number of amides is 1. The number of rotatable bonds is 11. The fourth-order valence-electron chi connectivity index (χ4n) is 3.47. The van der Waals surface area contributed by atoms with Crippen LogP contribution >= 0.6 is 11.8 Å². The molecule has 0 bridgehead atoms. The highest BCUT2D eigenvalue weighted by Crippen LogP contribution is 2.30. The number of benzene rings is 1. The van der Waals surface area contributed by atoms with E-state index in [0.29, 0.717) is 16.7 Å². The summed E-state index contributed by atoms with van der Waals surface area (Å²) in [6.45, 7) is 10.1. The van der Waals surface area contributed by atoms with Gasteiger partial charge in [-0.1, -0.05) is 36.7 Å². The summed E-state index contributed by atoms with van der Waals surface area (Å²) >= 11 is 1.43. The maximum atomic E-state index is 12.9. The molecule has 3 aromatic rings. The lowest BCUT2D eigenvalue weighted by Gasteiger charge is -2.21. The normalized spacial score (nSPS) is 12.0. The number of carbonyl (C=O) groups is 1. The van der Waals surface area contributed by atoms with E-state index in [1.54, 1.807) is 13.0 Å². The summed E-state index contributed by atoms with van der Waals surface area (Å²) in [5, 5.41) is 15.9. The molecule has 0 saturated carbocycles. The van der Waals surface area contributed by atoms with Crippen LogP contribution in [-0.2, 0) is 11.8 Å². The van der Waals surface area contributed by atoms with Crippen LogP contribution in [0.25, 0.3) is 11.4 Å². The summed E-state index contributed by atoms with van der Waals surface area (Å²) in [4.78, 5) is 15.2. The summed E-state index contributed by atoms with van der Waals surface area (Å²) < 4.78 is 7.00. The van der Waals surface area contributed by atoms with Gasteiger partial charge in [0, 0.05) is 37.5 Å². The molecule has 0 aliphatic rings. The largest absolute Gasteiger partial charge is 0.372 e. The van der Waals surface area contributed by atoms with Gasteiger partial charge in [-0.25, -0.2) is 0 Å². The number of anilines is 2. The summed E-state index contributed by atoms with van der Waals surface area (Å²) in [5.41, 5.74) is 2.19. The van der Waals surface area contributed by atoms with Crippen LogP contribution in [0.5, 0.6) is 0 Å². The highest BCUT2D eigenvalue weighted by atomic mass is 32.2. The van der Waals surface area contributed by atoms with Gasteiger partial charge in [-0.05, 0) is 51.5 Å². The molecule has 1 unspecified atom stereocenters. The Hall–Kier alpha value is -2.81. The predicted molar refractivity (Wildman–Crippen MR) is 129 cm³/mol. The lowest BCUT2D eigenvalue weighted by atomic mass is 10.2. The van der Waals surface area contributed by atoms with Crippen LogP contribution in [0.3, 0.4) is 0 Å². The molecule has 0 fully saturated rings. The first-order valence-corrected chi connectivity index (χ1v) is 12.0. The first-order chi connectivity index (χ1) is 15.5. The number of unbranched alkanes of at least 4 members (excludes halogenated alkanes) is 1. The first-order valence-electron chi connectivity index (χ1n) is 11.1. The van der Waals surface area contributed by atoms with Crippen LogP contribution in [0.2, 0.25) is 0 Å². The molecular formula is C23H32N6O2S. The van der Waals surface area contributed by atoms with Gasteiger partial charge in [0.25, 0.3) is 0 Å². The third kappa shape index (κ3) is 5.70. The van der Waals surface area contributed by atoms with Crippen LogP contribution in [0.15, 0.2) is 40.0 Å². The number of aromatic nitrogens is 4. The van der Waals surface area contributed by atoms with Crippen LogP contribution in [0.1, 0.15) is 45.8 Å². The van der Waals surface area contributed by atoms with Crippen molar-refractivity contribution in [3.05, 3.63) is 36.1 Å². The molecule has 1 aromatic carbocycles. The Morgan fingerprint density at radius 1 is 1.19 bits per heavy atom. The second-order valence-electron chi connectivity index (χ2n) is 7.65. The Balaban J connectivity index is 1.76. The molecule has 1 atom stereocenters. The van der Waals surface area contributed by atoms with Gasteiger partial charge in [-0.15, -0.1) is 10.2 Å². The molecule has 1 amide bonds. The van der Waals surface area contributed by atoms with Crippen molar-refractivity contribution >= 4 is 29.2 Å². The van der Waals surface area contributed by atoms with Crippen molar-refractivity contribution in [2.24, 2.45) is 7.05 Å². The summed E-state index contributed by atoms with van der Waals surface area (Å²) in [6.07, 6.45) is 2.70. The molecule has 0 saturated heterocycles. The molecule has 3 rings (SSSR count). The molecule has 2 heterocycles. The van der Waals surface area contributed by atoms with Gasteiger partial charge < -0.3 is 19.3 Å². The maximum absolute atomic E-state index is 12.9. The molecule has 0 spiro atoms. The van der Waals surface area contributed by atoms with E-state index in [9.17, 15) is 4.79 Å². The van der Waals surface area contributed by atoms with E-state index >= 15 is 0 Å². The minimum absolute atomic E-state index is 0.107. The third-order valence-electron chi connectivity index (χ3n) is 5.33. The van der Waals surface area contributed by atoms with E-state index in [1.165, 1.54) is 17.4 Å². The Bertz CT molecular complexity index is 1010. The van der Waals surface area contributed by atoms with Crippen LogP contribution in [0.4, 0.5) is 11.5 Å². The quantitative estimate of drug-likeness (QED) is 0.410. The second kappa shape index (κ2) is 11.2. The summed E-state index contributed by atoms with van der Waals surface area (Å²) in [5.74, 6) is 1.76. The molecular weight excluding hydrogens is 424 g/mol. The van der Waals surface area contributed by atoms with E-state index < -0.39 is 0 Å². The third-order valence-corrected chi connectivity index (χ3v) is 6.63. The van der Waals surface area contributed by atoms with Gasteiger partial charge in [0.05, 0.1) is 5.25 Å². The molecule has 2 aromatic heterocycles. The topological polar surface area (TPSA) is 89.1 Å². The number of carbonyl (C=O) groups excluding carboxylic acids is 1. The van der Waals surface area contributed by atoms with Crippen molar-refractivity contribution < 1.29 is 9.32 Å². The number of nitrogens with zero attached hydrogens (tertiary/aromatic N) is 5. The Morgan fingerprint density at radius 3 is 2.50 bits per heavy atom. The Kier molecular flexibility index (Phi) is 8.33. The summed E-state index contributed by atoms with van der Waals surface area (Å²) in [6, 6.07) is 10.1. The van der Waals surface area contributed by atoms with Crippen LogP contribution in [-0.4, -0.2) is 44.2 Å². The average molecular weight is 457 g/mol. The lowest BCUT2D eigenvalue weighted by Crippen LogP contribution is -2.25. The van der Waals surface area contributed by atoms with Crippen molar-refractivity contribution in [3.63, 3.8) is 0 Å². The monoisotopic (exact) mass is 456 g/mol. The molecule has 0 aliphatic heterocycles. The van der Waals surface area contributed by atoms with Gasteiger partial charge in [0.15, 0.2) is 16.8 Å². The lowest BCUT2D eigenvalue weighted by molar-refractivity contribution is -0.115.